The number of thiophene rings is 1. The van der Waals surface area contributed by atoms with Gasteiger partial charge >= 0.3 is 0 Å². The molecule has 2 rings (SSSR count). The number of nitrogen functional groups attached to an aromatic ring is 1. The third-order valence-corrected chi connectivity index (χ3v) is 3.41. The van der Waals surface area contributed by atoms with Gasteiger partial charge in [0.2, 0.25) is 11.8 Å². The van der Waals surface area contributed by atoms with Gasteiger partial charge in [-0.2, -0.15) is 10.2 Å². The van der Waals surface area contributed by atoms with Gasteiger partial charge in [0.25, 0.3) is 0 Å². The molecule has 2 N–H and O–H groups in total. The minimum atomic E-state index is 0. The lowest BCUT2D eigenvalue weighted by Crippen LogP contribution is -2.20. The summed E-state index contributed by atoms with van der Waals surface area (Å²) in [5.41, 5.74) is 6.55. The maximum Gasteiger partial charge on any atom is 0.237 e. The summed E-state index contributed by atoms with van der Waals surface area (Å²) in [7, 11) is 3.89. The monoisotopic (exact) mass is 325 g/mol. The molecule has 0 fully saturated rings. The number of hydrogen-bond donors (Lipinski definition) is 1. The van der Waals surface area contributed by atoms with Crippen LogP contribution in [0, 0.1) is 11.3 Å². The van der Waals surface area contributed by atoms with Crippen molar-refractivity contribution >= 4 is 29.7 Å². The highest BCUT2D eigenvalue weighted by Crippen LogP contribution is 2.30. The van der Waals surface area contributed by atoms with Crippen molar-refractivity contribution in [2.45, 2.75) is 0 Å². The van der Waals surface area contributed by atoms with E-state index in [1.807, 2.05) is 36.5 Å². The van der Waals surface area contributed by atoms with Crippen LogP contribution < -0.4 is 10.5 Å². The maximum atomic E-state index is 9.34. The fourth-order valence-corrected chi connectivity index (χ4v) is 2.30. The second-order valence-electron chi connectivity index (χ2n) is 4.35. The molecule has 0 saturated heterocycles. The largest absolute Gasteiger partial charge is 0.475 e. The van der Waals surface area contributed by atoms with Crippen molar-refractivity contribution in [2.24, 2.45) is 0 Å². The first-order valence-electron chi connectivity index (χ1n) is 6.01. The topological polar surface area (TPSA) is 88.1 Å². The van der Waals surface area contributed by atoms with Crippen LogP contribution in [0.5, 0.6) is 5.88 Å². The molecular formula is C13H16ClN5OS. The number of aromatic nitrogens is 2. The second kappa shape index (κ2) is 7.78. The molecule has 21 heavy (non-hydrogen) atoms. The number of nitriles is 1. The van der Waals surface area contributed by atoms with Crippen LogP contribution in [0.15, 0.2) is 17.5 Å². The highest BCUT2D eigenvalue weighted by Gasteiger charge is 2.17. The molecule has 0 unspecified atom stereocenters. The number of halogens is 1. The average Bonchev–Trinajstić information content (AvgIpc) is 2.91. The molecule has 0 amide bonds. The van der Waals surface area contributed by atoms with E-state index in [-0.39, 0.29) is 24.2 Å². The van der Waals surface area contributed by atoms with Crippen LogP contribution in [-0.2, 0) is 0 Å². The van der Waals surface area contributed by atoms with Crippen LogP contribution in [0.25, 0.3) is 10.6 Å². The number of anilines is 1. The number of ether oxygens (including phenoxy) is 1. The van der Waals surface area contributed by atoms with Crippen molar-refractivity contribution < 1.29 is 4.74 Å². The molecule has 0 spiro atoms. The Morgan fingerprint density at radius 2 is 2.19 bits per heavy atom. The molecule has 2 aromatic rings. The smallest absolute Gasteiger partial charge is 0.237 e. The molecule has 8 heteroatoms. The summed E-state index contributed by atoms with van der Waals surface area (Å²) in [6, 6.07) is 5.89. The van der Waals surface area contributed by atoms with Gasteiger partial charge in [-0.3, -0.25) is 0 Å². The Labute approximate surface area is 133 Å². The van der Waals surface area contributed by atoms with E-state index in [2.05, 4.69) is 16.0 Å². The first-order valence-corrected chi connectivity index (χ1v) is 6.88. The van der Waals surface area contributed by atoms with Gasteiger partial charge in [-0.1, -0.05) is 6.07 Å². The summed E-state index contributed by atoms with van der Waals surface area (Å²) in [6.45, 7) is 1.16. The van der Waals surface area contributed by atoms with Crippen LogP contribution in [0.1, 0.15) is 5.56 Å². The van der Waals surface area contributed by atoms with Crippen molar-refractivity contribution in [2.75, 3.05) is 33.0 Å². The highest BCUT2D eigenvalue weighted by atomic mass is 35.5. The number of nitrogens with two attached hydrogens (primary N) is 1. The Morgan fingerprint density at radius 3 is 2.76 bits per heavy atom. The van der Waals surface area contributed by atoms with Gasteiger partial charge in [-0.15, -0.1) is 23.7 Å². The zero-order chi connectivity index (χ0) is 14.5. The van der Waals surface area contributed by atoms with Gasteiger partial charge in [0.05, 0.1) is 4.88 Å². The Balaban J connectivity index is 0.00000220. The van der Waals surface area contributed by atoms with Crippen molar-refractivity contribution in [1.82, 2.24) is 14.9 Å². The number of rotatable bonds is 5. The van der Waals surface area contributed by atoms with Crippen LogP contribution in [0.4, 0.5) is 5.95 Å². The average molecular weight is 326 g/mol. The summed E-state index contributed by atoms with van der Waals surface area (Å²) in [6.07, 6.45) is 0. The lowest BCUT2D eigenvalue weighted by molar-refractivity contribution is 0.253. The molecule has 0 bridgehead atoms. The number of hydrogen-bond acceptors (Lipinski definition) is 7. The van der Waals surface area contributed by atoms with Crippen LogP contribution >= 0.6 is 23.7 Å². The summed E-state index contributed by atoms with van der Waals surface area (Å²) < 4.78 is 5.57. The molecular weight excluding hydrogens is 310 g/mol. The number of likely N-dealkylation sites (N-methyl/N-ethyl adjacent to an activating group) is 1. The van der Waals surface area contributed by atoms with Gasteiger partial charge < -0.3 is 15.4 Å². The minimum Gasteiger partial charge on any atom is -0.475 e. The molecule has 2 aromatic heterocycles. The van der Waals surface area contributed by atoms with E-state index in [1.54, 1.807) is 0 Å². The van der Waals surface area contributed by atoms with Gasteiger partial charge in [0, 0.05) is 6.54 Å². The van der Waals surface area contributed by atoms with E-state index in [0.717, 1.165) is 11.4 Å². The summed E-state index contributed by atoms with van der Waals surface area (Å²) >= 11 is 1.49. The Kier molecular flexibility index (Phi) is 6.37. The quantitative estimate of drug-likeness (QED) is 0.904. The van der Waals surface area contributed by atoms with Crippen molar-refractivity contribution in [3.8, 4) is 22.5 Å². The maximum absolute atomic E-state index is 9.34. The standard InChI is InChI=1S/C13H15N5OS.ClH/c1-18(2)5-6-19-12-9(8-14)11(16-13(15)17-12)10-4-3-7-20-10;/h3-4,7H,5-6H2,1-2H3,(H2,15,16,17);1H. The summed E-state index contributed by atoms with van der Waals surface area (Å²) in [4.78, 5) is 11.0. The second-order valence-corrected chi connectivity index (χ2v) is 5.30. The molecule has 112 valence electrons. The molecule has 0 aliphatic carbocycles. The van der Waals surface area contributed by atoms with Crippen molar-refractivity contribution in [3.05, 3.63) is 23.1 Å². The van der Waals surface area contributed by atoms with E-state index >= 15 is 0 Å². The molecule has 2 heterocycles. The fraction of sp³-hybridized carbons (Fsp3) is 0.308. The molecule has 0 aliphatic heterocycles. The van der Waals surface area contributed by atoms with E-state index in [1.165, 1.54) is 11.3 Å². The van der Waals surface area contributed by atoms with E-state index in [4.69, 9.17) is 10.5 Å². The lowest BCUT2D eigenvalue weighted by Gasteiger charge is -2.12. The first kappa shape index (κ1) is 17.2. The van der Waals surface area contributed by atoms with Gasteiger partial charge in [-0.25, -0.2) is 4.98 Å². The SMILES string of the molecule is CN(C)CCOc1nc(N)nc(-c2cccs2)c1C#N.Cl. The number of nitrogens with zero attached hydrogens (tertiary/aromatic N) is 4. The molecule has 0 radical (unpaired) electrons. The molecule has 0 atom stereocenters. The summed E-state index contributed by atoms with van der Waals surface area (Å²) in [5, 5.41) is 11.3. The predicted octanol–water partition coefficient (Wildman–Crippen LogP) is 2.02. The predicted molar refractivity (Wildman–Crippen MR) is 85.8 cm³/mol. The Bertz CT molecular complexity index is 624. The van der Waals surface area contributed by atoms with E-state index in [0.29, 0.717) is 17.9 Å². The minimum absolute atomic E-state index is 0. The zero-order valence-electron chi connectivity index (χ0n) is 11.7. The normalized spacial score (nSPS) is 10.0. The highest BCUT2D eigenvalue weighted by molar-refractivity contribution is 7.13. The summed E-state index contributed by atoms with van der Waals surface area (Å²) in [5.74, 6) is 0.345. The van der Waals surface area contributed by atoms with Crippen LogP contribution in [0.3, 0.4) is 0 Å². The van der Waals surface area contributed by atoms with E-state index < -0.39 is 0 Å². The van der Waals surface area contributed by atoms with Gasteiger partial charge in [0.15, 0.2) is 0 Å². The third-order valence-electron chi connectivity index (χ3n) is 2.54. The van der Waals surface area contributed by atoms with Crippen LogP contribution in [-0.4, -0.2) is 42.1 Å². The molecule has 0 aromatic carbocycles. The molecule has 0 saturated carbocycles. The third kappa shape index (κ3) is 4.29. The van der Waals surface area contributed by atoms with Gasteiger partial charge in [0.1, 0.15) is 23.9 Å². The zero-order valence-corrected chi connectivity index (χ0v) is 13.4. The Morgan fingerprint density at radius 1 is 1.43 bits per heavy atom. The fourth-order valence-electron chi connectivity index (χ4n) is 1.58. The lowest BCUT2D eigenvalue weighted by atomic mass is 10.2. The van der Waals surface area contributed by atoms with Gasteiger partial charge in [-0.05, 0) is 25.5 Å². The van der Waals surface area contributed by atoms with Crippen molar-refractivity contribution in [3.63, 3.8) is 0 Å². The van der Waals surface area contributed by atoms with Crippen LogP contribution in [0.2, 0.25) is 0 Å². The molecule has 6 nitrogen and oxygen atoms in total. The molecule has 0 aliphatic rings. The first-order chi connectivity index (χ1) is 9.61. The van der Waals surface area contributed by atoms with Crippen molar-refractivity contribution in [1.29, 1.82) is 5.26 Å². The van der Waals surface area contributed by atoms with E-state index in [9.17, 15) is 5.26 Å². The Hall–Kier alpha value is -1.88.